The van der Waals surface area contributed by atoms with Crippen LogP contribution < -0.4 is 24.8 Å². The van der Waals surface area contributed by atoms with Crippen molar-refractivity contribution < 1.29 is 19.0 Å². The van der Waals surface area contributed by atoms with E-state index in [1.54, 1.807) is 21.3 Å². The molecule has 0 aliphatic heterocycles. The van der Waals surface area contributed by atoms with Gasteiger partial charge in [-0.2, -0.15) is 0 Å². The molecule has 0 atom stereocenters. The average Bonchev–Trinajstić information content (AvgIpc) is 2.67. The Morgan fingerprint density at radius 3 is 2.23 bits per heavy atom. The molecule has 0 aliphatic rings. The molecule has 0 heterocycles. The summed E-state index contributed by atoms with van der Waals surface area (Å²) in [6, 6.07) is 11.3. The van der Waals surface area contributed by atoms with E-state index in [0.717, 1.165) is 23.2 Å². The number of para-hydroxylation sites is 1. The zero-order valence-corrected chi connectivity index (χ0v) is 15.7. The van der Waals surface area contributed by atoms with E-state index in [-0.39, 0.29) is 6.03 Å². The number of anilines is 1. The van der Waals surface area contributed by atoms with Gasteiger partial charge in [-0.1, -0.05) is 25.1 Å². The van der Waals surface area contributed by atoms with Gasteiger partial charge in [0.05, 0.1) is 21.3 Å². The van der Waals surface area contributed by atoms with Crippen LogP contribution in [0.4, 0.5) is 10.5 Å². The third-order valence-electron chi connectivity index (χ3n) is 4.07. The number of urea groups is 1. The molecule has 0 fully saturated rings. The maximum absolute atomic E-state index is 12.1. The summed E-state index contributed by atoms with van der Waals surface area (Å²) in [5.41, 5.74) is 2.92. The van der Waals surface area contributed by atoms with E-state index in [1.807, 2.05) is 36.4 Å². The molecule has 0 bridgehead atoms. The van der Waals surface area contributed by atoms with Crippen molar-refractivity contribution in [3.05, 3.63) is 47.5 Å². The van der Waals surface area contributed by atoms with E-state index < -0.39 is 0 Å². The SMILES string of the molecule is CCc1ccccc1NC(=O)NCCc1cc(OC)c(OC)c(OC)c1. The molecule has 140 valence electrons. The number of hydrogen-bond acceptors (Lipinski definition) is 4. The second kappa shape index (κ2) is 9.56. The van der Waals surface area contributed by atoms with Gasteiger partial charge in [0.25, 0.3) is 0 Å². The molecule has 6 nitrogen and oxygen atoms in total. The standard InChI is InChI=1S/C20H26N2O4/c1-5-15-8-6-7-9-16(15)22-20(23)21-11-10-14-12-17(24-2)19(26-4)18(13-14)25-3/h6-9,12-13H,5,10-11H2,1-4H3,(H2,21,22,23). The molecular weight excluding hydrogens is 332 g/mol. The van der Waals surface area contributed by atoms with Crippen LogP contribution in [0.2, 0.25) is 0 Å². The van der Waals surface area contributed by atoms with Crippen molar-refractivity contribution >= 4 is 11.7 Å². The highest BCUT2D eigenvalue weighted by Crippen LogP contribution is 2.38. The zero-order chi connectivity index (χ0) is 18.9. The third kappa shape index (κ3) is 4.81. The normalized spacial score (nSPS) is 10.2. The van der Waals surface area contributed by atoms with Crippen LogP contribution in [0.5, 0.6) is 17.2 Å². The molecule has 26 heavy (non-hydrogen) atoms. The Balaban J connectivity index is 1.96. The molecule has 0 aromatic heterocycles. The highest BCUT2D eigenvalue weighted by molar-refractivity contribution is 5.90. The van der Waals surface area contributed by atoms with Gasteiger partial charge in [0.2, 0.25) is 5.75 Å². The number of aryl methyl sites for hydroxylation is 1. The number of nitrogens with one attached hydrogen (secondary N) is 2. The molecule has 0 radical (unpaired) electrons. The van der Waals surface area contributed by atoms with Crippen molar-refractivity contribution in [2.75, 3.05) is 33.2 Å². The lowest BCUT2D eigenvalue weighted by atomic mass is 10.1. The first-order valence-corrected chi connectivity index (χ1v) is 8.54. The molecule has 0 unspecified atom stereocenters. The largest absolute Gasteiger partial charge is 0.493 e. The van der Waals surface area contributed by atoms with E-state index in [4.69, 9.17) is 14.2 Å². The second-order valence-corrected chi connectivity index (χ2v) is 5.68. The first-order valence-electron chi connectivity index (χ1n) is 8.54. The quantitative estimate of drug-likeness (QED) is 0.756. The van der Waals surface area contributed by atoms with Crippen molar-refractivity contribution in [3.8, 4) is 17.2 Å². The van der Waals surface area contributed by atoms with Crippen molar-refractivity contribution in [1.82, 2.24) is 5.32 Å². The number of amides is 2. The summed E-state index contributed by atoms with van der Waals surface area (Å²) in [7, 11) is 4.73. The average molecular weight is 358 g/mol. The van der Waals surface area contributed by atoms with Crippen LogP contribution in [0, 0.1) is 0 Å². The highest BCUT2D eigenvalue weighted by atomic mass is 16.5. The number of hydrogen-bond donors (Lipinski definition) is 2. The predicted octanol–water partition coefficient (Wildman–Crippen LogP) is 3.64. The van der Waals surface area contributed by atoms with E-state index >= 15 is 0 Å². The molecule has 0 saturated carbocycles. The lowest BCUT2D eigenvalue weighted by molar-refractivity contribution is 0.252. The maximum atomic E-state index is 12.1. The van der Waals surface area contributed by atoms with Crippen LogP contribution in [0.3, 0.4) is 0 Å². The van der Waals surface area contributed by atoms with Crippen LogP contribution >= 0.6 is 0 Å². The van der Waals surface area contributed by atoms with Crippen molar-refractivity contribution in [1.29, 1.82) is 0 Å². The van der Waals surface area contributed by atoms with Gasteiger partial charge in [-0.3, -0.25) is 0 Å². The Morgan fingerprint density at radius 1 is 1.00 bits per heavy atom. The number of ether oxygens (including phenoxy) is 3. The maximum Gasteiger partial charge on any atom is 0.319 e. The summed E-state index contributed by atoms with van der Waals surface area (Å²) in [6.45, 7) is 2.54. The smallest absolute Gasteiger partial charge is 0.319 e. The van der Waals surface area contributed by atoms with E-state index in [9.17, 15) is 4.79 Å². The fourth-order valence-electron chi connectivity index (χ4n) is 2.72. The first kappa shape index (κ1) is 19.4. The fraction of sp³-hybridized carbons (Fsp3) is 0.350. The molecule has 2 aromatic rings. The van der Waals surface area contributed by atoms with Gasteiger partial charge in [0.15, 0.2) is 11.5 Å². The number of carbonyl (C=O) groups excluding carboxylic acids is 1. The number of carbonyl (C=O) groups is 1. The fourth-order valence-corrected chi connectivity index (χ4v) is 2.72. The van der Waals surface area contributed by atoms with E-state index in [2.05, 4.69) is 17.6 Å². The third-order valence-corrected chi connectivity index (χ3v) is 4.07. The molecule has 0 aliphatic carbocycles. The van der Waals surface area contributed by atoms with Gasteiger partial charge in [0.1, 0.15) is 0 Å². The van der Waals surface area contributed by atoms with Crippen LogP contribution in [0.25, 0.3) is 0 Å². The molecule has 6 heteroatoms. The molecule has 2 aromatic carbocycles. The first-order chi connectivity index (χ1) is 12.6. The highest BCUT2D eigenvalue weighted by Gasteiger charge is 2.13. The van der Waals surface area contributed by atoms with E-state index in [0.29, 0.717) is 30.2 Å². The van der Waals surface area contributed by atoms with Crippen molar-refractivity contribution in [2.24, 2.45) is 0 Å². The number of methoxy groups -OCH3 is 3. The minimum absolute atomic E-state index is 0.224. The summed E-state index contributed by atoms with van der Waals surface area (Å²) in [5, 5.41) is 5.76. The van der Waals surface area contributed by atoms with Gasteiger partial charge in [0, 0.05) is 12.2 Å². The summed E-state index contributed by atoms with van der Waals surface area (Å²) in [6.07, 6.45) is 1.50. The van der Waals surface area contributed by atoms with Crippen LogP contribution in [-0.4, -0.2) is 33.9 Å². The second-order valence-electron chi connectivity index (χ2n) is 5.68. The van der Waals surface area contributed by atoms with E-state index in [1.165, 1.54) is 0 Å². The molecular formula is C20H26N2O4. The van der Waals surface area contributed by atoms with Gasteiger partial charge >= 0.3 is 6.03 Å². The van der Waals surface area contributed by atoms with Crippen LogP contribution in [-0.2, 0) is 12.8 Å². The Bertz CT molecular complexity index is 721. The molecule has 0 saturated heterocycles. The zero-order valence-electron chi connectivity index (χ0n) is 15.7. The molecule has 2 amide bonds. The summed E-state index contributed by atoms with van der Waals surface area (Å²) < 4.78 is 16.0. The Labute approximate surface area is 154 Å². The number of rotatable bonds is 8. The number of benzene rings is 2. The Morgan fingerprint density at radius 2 is 1.65 bits per heavy atom. The minimum atomic E-state index is -0.224. The summed E-state index contributed by atoms with van der Waals surface area (Å²) in [5.74, 6) is 1.76. The van der Waals surface area contributed by atoms with Crippen molar-refractivity contribution in [3.63, 3.8) is 0 Å². The monoisotopic (exact) mass is 358 g/mol. The topological polar surface area (TPSA) is 68.8 Å². The lowest BCUT2D eigenvalue weighted by Crippen LogP contribution is -2.30. The minimum Gasteiger partial charge on any atom is -0.493 e. The summed E-state index contributed by atoms with van der Waals surface area (Å²) >= 11 is 0. The Kier molecular flexibility index (Phi) is 7.14. The summed E-state index contributed by atoms with van der Waals surface area (Å²) in [4.78, 5) is 12.1. The van der Waals surface area contributed by atoms with Crippen LogP contribution in [0.15, 0.2) is 36.4 Å². The van der Waals surface area contributed by atoms with Crippen LogP contribution in [0.1, 0.15) is 18.1 Å². The van der Waals surface area contributed by atoms with Crippen molar-refractivity contribution in [2.45, 2.75) is 19.8 Å². The molecule has 2 rings (SSSR count). The van der Waals surface area contributed by atoms with Gasteiger partial charge in [-0.15, -0.1) is 0 Å². The van der Waals surface area contributed by atoms with Gasteiger partial charge < -0.3 is 24.8 Å². The predicted molar refractivity (Wildman–Crippen MR) is 103 cm³/mol. The molecule has 2 N–H and O–H groups in total. The Hall–Kier alpha value is -2.89. The lowest BCUT2D eigenvalue weighted by Gasteiger charge is -2.14. The van der Waals surface area contributed by atoms with Gasteiger partial charge in [-0.05, 0) is 42.2 Å². The van der Waals surface area contributed by atoms with Gasteiger partial charge in [-0.25, -0.2) is 4.79 Å². The molecule has 0 spiro atoms.